The van der Waals surface area contributed by atoms with Gasteiger partial charge >= 0.3 is 0 Å². The van der Waals surface area contributed by atoms with E-state index < -0.39 is 29.2 Å². The van der Waals surface area contributed by atoms with E-state index in [2.05, 4.69) is 10.2 Å². The average molecular weight is 291 g/mol. The van der Waals surface area contributed by atoms with E-state index >= 15 is 0 Å². The van der Waals surface area contributed by atoms with Crippen molar-refractivity contribution in [1.82, 2.24) is 0 Å². The van der Waals surface area contributed by atoms with Crippen LogP contribution in [0.25, 0.3) is 0 Å². The molecule has 1 aliphatic carbocycles. The zero-order valence-corrected chi connectivity index (χ0v) is 11.5. The van der Waals surface area contributed by atoms with Gasteiger partial charge in [0.2, 0.25) is 0 Å². The Morgan fingerprint density at radius 3 is 2.53 bits per heavy atom. The van der Waals surface area contributed by atoms with Crippen molar-refractivity contribution >= 4 is 22.5 Å². The molecule has 0 bridgehead atoms. The molecule has 0 fully saturated rings. The molecule has 0 aromatic carbocycles. The Balaban J connectivity index is 2.49. The van der Waals surface area contributed by atoms with Gasteiger partial charge in [-0.05, 0) is 13.0 Å². The van der Waals surface area contributed by atoms with Crippen LogP contribution in [0.3, 0.4) is 0 Å². The SMILES string of the molecule is CC1=NN=C(Cl)C(C)(C2C(F)=CC(F)=CC2F)C1C. The van der Waals surface area contributed by atoms with Crippen molar-refractivity contribution in [2.24, 2.45) is 27.5 Å². The third kappa shape index (κ3) is 2.14. The third-order valence-electron chi connectivity index (χ3n) is 4.12. The summed E-state index contributed by atoms with van der Waals surface area (Å²) in [5.41, 5.74) is -0.438. The summed E-state index contributed by atoms with van der Waals surface area (Å²) >= 11 is 6.05. The van der Waals surface area contributed by atoms with E-state index in [1.54, 1.807) is 20.8 Å². The quantitative estimate of drug-likeness (QED) is 0.687. The Kier molecular flexibility index (Phi) is 3.60. The molecule has 0 radical (unpaired) electrons. The Bertz CT molecular complexity index is 524. The molecule has 0 aromatic rings. The zero-order chi connectivity index (χ0) is 14.4. The third-order valence-corrected chi connectivity index (χ3v) is 4.60. The molecule has 0 amide bonds. The van der Waals surface area contributed by atoms with E-state index in [9.17, 15) is 13.2 Å². The highest BCUT2D eigenvalue weighted by atomic mass is 35.5. The van der Waals surface area contributed by atoms with Gasteiger partial charge in [-0.15, -0.1) is 5.10 Å². The summed E-state index contributed by atoms with van der Waals surface area (Å²) in [4.78, 5) is 0. The van der Waals surface area contributed by atoms with E-state index in [4.69, 9.17) is 11.6 Å². The molecule has 2 rings (SSSR count). The summed E-state index contributed by atoms with van der Waals surface area (Å²) in [5.74, 6) is -3.25. The predicted octanol–water partition coefficient (Wildman–Crippen LogP) is 4.33. The van der Waals surface area contributed by atoms with Gasteiger partial charge in [0.05, 0.1) is 5.92 Å². The van der Waals surface area contributed by atoms with Gasteiger partial charge in [0, 0.05) is 23.1 Å². The molecule has 0 saturated carbocycles. The van der Waals surface area contributed by atoms with Crippen molar-refractivity contribution in [3.05, 3.63) is 23.8 Å². The molecule has 2 nitrogen and oxygen atoms in total. The Morgan fingerprint density at radius 1 is 1.32 bits per heavy atom. The summed E-state index contributed by atoms with van der Waals surface area (Å²) < 4.78 is 41.2. The van der Waals surface area contributed by atoms with Gasteiger partial charge in [-0.25, -0.2) is 13.2 Å². The van der Waals surface area contributed by atoms with E-state index in [0.717, 1.165) is 6.08 Å². The lowest BCUT2D eigenvalue weighted by Gasteiger charge is -2.43. The number of rotatable bonds is 1. The highest BCUT2D eigenvalue weighted by molar-refractivity contribution is 6.67. The molecule has 4 unspecified atom stereocenters. The second kappa shape index (κ2) is 4.78. The lowest BCUT2D eigenvalue weighted by Crippen LogP contribution is -2.48. The largest absolute Gasteiger partial charge is 0.242 e. The Hall–Kier alpha value is -1.10. The fourth-order valence-electron chi connectivity index (χ4n) is 2.61. The summed E-state index contributed by atoms with van der Waals surface area (Å²) in [6, 6.07) is 0. The van der Waals surface area contributed by atoms with Crippen molar-refractivity contribution in [2.45, 2.75) is 26.9 Å². The van der Waals surface area contributed by atoms with Crippen molar-refractivity contribution < 1.29 is 13.2 Å². The molecule has 6 heteroatoms. The molecule has 0 aromatic heterocycles. The van der Waals surface area contributed by atoms with Gasteiger partial charge in [-0.1, -0.05) is 25.4 Å². The molecule has 0 spiro atoms. The summed E-state index contributed by atoms with van der Waals surface area (Å²) in [6.45, 7) is 5.14. The highest BCUT2D eigenvalue weighted by Gasteiger charge is 2.52. The van der Waals surface area contributed by atoms with Crippen molar-refractivity contribution in [3.63, 3.8) is 0 Å². The number of nitrogens with zero attached hydrogens (tertiary/aromatic N) is 2. The molecule has 19 heavy (non-hydrogen) atoms. The maximum Gasteiger partial charge on any atom is 0.136 e. The summed E-state index contributed by atoms with van der Waals surface area (Å²) in [5, 5.41) is 7.68. The minimum Gasteiger partial charge on any atom is -0.242 e. The summed E-state index contributed by atoms with van der Waals surface area (Å²) in [7, 11) is 0. The van der Waals surface area contributed by atoms with Gasteiger partial charge in [-0.2, -0.15) is 5.10 Å². The second-order valence-corrected chi connectivity index (χ2v) is 5.50. The van der Waals surface area contributed by atoms with Crippen LogP contribution >= 0.6 is 11.6 Å². The standard InChI is InChI=1S/C13H14ClF3N2/c1-6-7(2)18-19-12(14)13(6,3)11-9(16)4-8(15)5-10(11)17/h4-6,9,11H,1-3H3. The number of hydrogen-bond acceptors (Lipinski definition) is 2. The molecule has 104 valence electrons. The fourth-order valence-corrected chi connectivity index (χ4v) is 2.93. The van der Waals surface area contributed by atoms with Gasteiger partial charge in [0.25, 0.3) is 0 Å². The van der Waals surface area contributed by atoms with Crippen LogP contribution in [-0.4, -0.2) is 17.1 Å². The average Bonchev–Trinajstić information content (AvgIpc) is 2.31. The maximum absolute atomic E-state index is 14.1. The van der Waals surface area contributed by atoms with Crippen LogP contribution in [-0.2, 0) is 0 Å². The van der Waals surface area contributed by atoms with Crippen molar-refractivity contribution in [2.75, 3.05) is 0 Å². The normalized spacial score (nSPS) is 39.2. The fraction of sp³-hybridized carbons (Fsp3) is 0.538. The van der Waals surface area contributed by atoms with E-state index in [1.165, 1.54) is 0 Å². The van der Waals surface area contributed by atoms with Crippen LogP contribution in [0.5, 0.6) is 0 Å². The van der Waals surface area contributed by atoms with E-state index in [1.807, 2.05) is 0 Å². The van der Waals surface area contributed by atoms with Gasteiger partial charge in [0.1, 0.15) is 23.0 Å². The number of allylic oxidation sites excluding steroid dienone is 4. The molecule has 4 atom stereocenters. The first-order valence-corrected chi connectivity index (χ1v) is 6.33. The van der Waals surface area contributed by atoms with Gasteiger partial charge in [-0.3, -0.25) is 0 Å². The smallest absolute Gasteiger partial charge is 0.136 e. The van der Waals surface area contributed by atoms with Crippen LogP contribution in [0.2, 0.25) is 0 Å². The molecule has 1 heterocycles. The lowest BCUT2D eigenvalue weighted by molar-refractivity contribution is 0.148. The molecule has 1 aliphatic heterocycles. The molecule has 0 saturated heterocycles. The van der Waals surface area contributed by atoms with Crippen LogP contribution in [0, 0.1) is 17.3 Å². The molecular formula is C13H14ClF3N2. The lowest BCUT2D eigenvalue weighted by atomic mass is 9.64. The molecule has 2 aliphatic rings. The van der Waals surface area contributed by atoms with Gasteiger partial charge in [0.15, 0.2) is 0 Å². The van der Waals surface area contributed by atoms with Crippen LogP contribution in [0.1, 0.15) is 20.8 Å². The highest BCUT2D eigenvalue weighted by Crippen LogP contribution is 2.49. The first kappa shape index (κ1) is 14.3. The Labute approximate surface area is 114 Å². The van der Waals surface area contributed by atoms with Crippen LogP contribution in [0.15, 0.2) is 34.0 Å². The first-order chi connectivity index (χ1) is 8.78. The maximum atomic E-state index is 14.1. The minimum atomic E-state index is -1.78. The predicted molar refractivity (Wildman–Crippen MR) is 70.4 cm³/mol. The minimum absolute atomic E-state index is 0.0394. The van der Waals surface area contributed by atoms with E-state index in [-0.39, 0.29) is 11.1 Å². The second-order valence-electron chi connectivity index (χ2n) is 5.14. The summed E-state index contributed by atoms with van der Waals surface area (Å²) in [6.07, 6.45) is -0.326. The first-order valence-electron chi connectivity index (χ1n) is 5.95. The topological polar surface area (TPSA) is 24.7 Å². The van der Waals surface area contributed by atoms with Crippen LogP contribution in [0.4, 0.5) is 13.2 Å². The molecular weight excluding hydrogens is 277 g/mol. The van der Waals surface area contributed by atoms with E-state index in [0.29, 0.717) is 11.8 Å². The number of alkyl halides is 1. The zero-order valence-electron chi connectivity index (χ0n) is 10.8. The number of halogens is 4. The van der Waals surface area contributed by atoms with Crippen molar-refractivity contribution in [1.29, 1.82) is 0 Å². The monoisotopic (exact) mass is 290 g/mol. The Morgan fingerprint density at radius 2 is 1.95 bits per heavy atom. The van der Waals surface area contributed by atoms with Gasteiger partial charge < -0.3 is 0 Å². The van der Waals surface area contributed by atoms with Crippen molar-refractivity contribution in [3.8, 4) is 0 Å². The molecule has 0 N–H and O–H groups in total. The number of hydrogen-bond donors (Lipinski definition) is 0. The van der Waals surface area contributed by atoms with Crippen LogP contribution < -0.4 is 0 Å².